The van der Waals surface area contributed by atoms with E-state index in [1.165, 1.54) is 64.2 Å². The third-order valence-corrected chi connectivity index (χ3v) is 5.98. The second-order valence-corrected chi connectivity index (χ2v) is 9.02. The normalized spacial score (nSPS) is 11.1. The molecule has 2 rings (SSSR count). The number of unbranched alkanes of at least 4 members (excludes halogenated alkanes) is 10. The Balaban J connectivity index is 1.67. The number of rotatable bonds is 19. The first-order valence-corrected chi connectivity index (χ1v) is 13.4. The lowest BCUT2D eigenvalue weighted by molar-refractivity contribution is 0.104. The van der Waals surface area contributed by atoms with Crippen LogP contribution in [0.5, 0.6) is 11.5 Å². The minimum atomic E-state index is -0.00845. The smallest absolute Gasteiger partial charge is 0.185 e. The zero-order valence-electron chi connectivity index (χ0n) is 21.4. The maximum absolute atomic E-state index is 12.5. The van der Waals surface area contributed by atoms with E-state index < -0.39 is 0 Å². The van der Waals surface area contributed by atoms with Gasteiger partial charge in [0.2, 0.25) is 0 Å². The summed E-state index contributed by atoms with van der Waals surface area (Å²) in [6, 6.07) is 15.3. The summed E-state index contributed by atoms with van der Waals surface area (Å²) in [6.45, 7) is 5.97. The molecule has 0 saturated heterocycles. The first kappa shape index (κ1) is 27.7. The predicted molar refractivity (Wildman–Crippen MR) is 144 cm³/mol. The molecule has 0 heterocycles. The fourth-order valence-electron chi connectivity index (χ4n) is 3.80. The summed E-state index contributed by atoms with van der Waals surface area (Å²) in [4.78, 5) is 12.5. The second kappa shape index (κ2) is 17.9. The Bertz CT molecular complexity index is 806. The largest absolute Gasteiger partial charge is 0.494 e. The van der Waals surface area contributed by atoms with Gasteiger partial charge in [0, 0.05) is 5.56 Å². The summed E-state index contributed by atoms with van der Waals surface area (Å²) in [5.41, 5.74) is 1.65. The molecule has 0 bridgehead atoms. The van der Waals surface area contributed by atoms with Crippen LogP contribution in [0.25, 0.3) is 6.08 Å². The molecule has 0 spiro atoms. The Morgan fingerprint density at radius 2 is 1.06 bits per heavy atom. The highest BCUT2D eigenvalue weighted by Gasteiger charge is 2.03. The van der Waals surface area contributed by atoms with Gasteiger partial charge in [-0.2, -0.15) is 0 Å². The van der Waals surface area contributed by atoms with Gasteiger partial charge in [0.25, 0.3) is 0 Å². The van der Waals surface area contributed by atoms with Gasteiger partial charge in [0.15, 0.2) is 5.78 Å². The number of hydrogen-bond acceptors (Lipinski definition) is 3. The van der Waals surface area contributed by atoms with Gasteiger partial charge in [-0.25, -0.2) is 0 Å². The third kappa shape index (κ3) is 12.1. The molecule has 3 heteroatoms. The van der Waals surface area contributed by atoms with E-state index in [0.717, 1.165) is 43.1 Å². The number of ether oxygens (including phenoxy) is 2. The van der Waals surface area contributed by atoms with Gasteiger partial charge in [0.05, 0.1) is 13.2 Å². The van der Waals surface area contributed by atoms with Gasteiger partial charge in [0.1, 0.15) is 11.5 Å². The molecule has 0 aliphatic rings. The monoisotopic (exact) mass is 464 g/mol. The summed E-state index contributed by atoms with van der Waals surface area (Å²) >= 11 is 0. The highest BCUT2D eigenvalue weighted by Crippen LogP contribution is 2.17. The molecule has 0 aromatic heterocycles. The topological polar surface area (TPSA) is 35.5 Å². The van der Waals surface area contributed by atoms with Crippen LogP contribution < -0.4 is 9.47 Å². The summed E-state index contributed by atoms with van der Waals surface area (Å²) in [5.74, 6) is 1.70. The molecule has 0 aliphatic carbocycles. The van der Waals surface area contributed by atoms with E-state index in [4.69, 9.17) is 9.47 Å². The summed E-state index contributed by atoms with van der Waals surface area (Å²) in [6.07, 6.45) is 18.5. The van der Waals surface area contributed by atoms with E-state index in [0.29, 0.717) is 5.56 Å². The van der Waals surface area contributed by atoms with Crippen LogP contribution in [0.2, 0.25) is 0 Å². The van der Waals surface area contributed by atoms with E-state index in [-0.39, 0.29) is 5.78 Å². The third-order valence-electron chi connectivity index (χ3n) is 5.98. The molecule has 34 heavy (non-hydrogen) atoms. The summed E-state index contributed by atoms with van der Waals surface area (Å²) in [7, 11) is 0. The molecule has 2 aromatic carbocycles. The van der Waals surface area contributed by atoms with Crippen molar-refractivity contribution in [1.82, 2.24) is 0 Å². The second-order valence-electron chi connectivity index (χ2n) is 9.02. The molecular formula is C31H44O3. The molecule has 0 fully saturated rings. The Labute approximate surface area is 207 Å². The van der Waals surface area contributed by atoms with Crippen molar-refractivity contribution in [2.75, 3.05) is 13.2 Å². The number of carbonyl (C=O) groups excluding carboxylic acids is 1. The van der Waals surface area contributed by atoms with Crippen molar-refractivity contribution in [1.29, 1.82) is 0 Å². The SMILES string of the molecule is CCCCCCCCOc1ccc(/C=C/C(=O)c2ccc(OCCCCCCCC)cc2)cc1. The van der Waals surface area contributed by atoms with E-state index >= 15 is 0 Å². The van der Waals surface area contributed by atoms with Crippen LogP contribution in [0.1, 0.15) is 107 Å². The highest BCUT2D eigenvalue weighted by atomic mass is 16.5. The van der Waals surface area contributed by atoms with Crippen molar-refractivity contribution in [3.8, 4) is 11.5 Å². The minimum Gasteiger partial charge on any atom is -0.494 e. The van der Waals surface area contributed by atoms with Crippen LogP contribution in [0.4, 0.5) is 0 Å². The van der Waals surface area contributed by atoms with Gasteiger partial charge in [-0.1, -0.05) is 96.3 Å². The lowest BCUT2D eigenvalue weighted by atomic mass is 10.1. The van der Waals surface area contributed by atoms with Gasteiger partial charge in [-0.3, -0.25) is 4.79 Å². The molecule has 0 aliphatic heterocycles. The average Bonchev–Trinajstić information content (AvgIpc) is 2.87. The van der Waals surface area contributed by atoms with Crippen LogP contribution in [0.3, 0.4) is 0 Å². The predicted octanol–water partition coefficient (Wildman–Crippen LogP) is 9.06. The van der Waals surface area contributed by atoms with E-state index in [1.807, 2.05) is 54.6 Å². The molecule has 0 N–H and O–H groups in total. The van der Waals surface area contributed by atoms with Gasteiger partial charge < -0.3 is 9.47 Å². The van der Waals surface area contributed by atoms with Crippen molar-refractivity contribution < 1.29 is 14.3 Å². The van der Waals surface area contributed by atoms with Gasteiger partial charge in [-0.15, -0.1) is 0 Å². The van der Waals surface area contributed by atoms with Crippen LogP contribution >= 0.6 is 0 Å². The van der Waals surface area contributed by atoms with Crippen LogP contribution in [-0.4, -0.2) is 19.0 Å². The number of carbonyl (C=O) groups is 1. The van der Waals surface area contributed by atoms with E-state index in [2.05, 4.69) is 13.8 Å². The quantitative estimate of drug-likeness (QED) is 0.118. The fourth-order valence-corrected chi connectivity index (χ4v) is 3.80. The maximum atomic E-state index is 12.5. The lowest BCUT2D eigenvalue weighted by Gasteiger charge is -2.07. The Kier molecular flexibility index (Phi) is 14.5. The van der Waals surface area contributed by atoms with Gasteiger partial charge in [-0.05, 0) is 60.9 Å². The molecule has 0 saturated carbocycles. The average molecular weight is 465 g/mol. The maximum Gasteiger partial charge on any atom is 0.185 e. The molecule has 2 aromatic rings. The van der Waals surface area contributed by atoms with E-state index in [9.17, 15) is 4.79 Å². The van der Waals surface area contributed by atoms with Crippen molar-refractivity contribution >= 4 is 11.9 Å². The van der Waals surface area contributed by atoms with Crippen molar-refractivity contribution in [2.24, 2.45) is 0 Å². The number of hydrogen-bond donors (Lipinski definition) is 0. The molecule has 3 nitrogen and oxygen atoms in total. The van der Waals surface area contributed by atoms with Crippen molar-refractivity contribution in [3.05, 3.63) is 65.7 Å². The fraction of sp³-hybridized carbons (Fsp3) is 0.516. The van der Waals surface area contributed by atoms with E-state index in [1.54, 1.807) is 6.08 Å². The Morgan fingerprint density at radius 1 is 0.618 bits per heavy atom. The lowest BCUT2D eigenvalue weighted by Crippen LogP contribution is -1.99. The highest BCUT2D eigenvalue weighted by molar-refractivity contribution is 6.06. The molecular weight excluding hydrogens is 420 g/mol. The van der Waals surface area contributed by atoms with Crippen LogP contribution in [0.15, 0.2) is 54.6 Å². The molecule has 0 radical (unpaired) electrons. The molecule has 186 valence electrons. The minimum absolute atomic E-state index is 0.00845. The first-order valence-electron chi connectivity index (χ1n) is 13.4. The van der Waals surface area contributed by atoms with Crippen LogP contribution in [-0.2, 0) is 0 Å². The van der Waals surface area contributed by atoms with Crippen molar-refractivity contribution in [2.45, 2.75) is 90.9 Å². The number of allylic oxidation sites excluding steroid dienone is 1. The zero-order valence-corrected chi connectivity index (χ0v) is 21.4. The standard InChI is InChI=1S/C31H44O3/c1-3-5-7-9-11-13-25-33-29-20-15-27(16-21-29)17-24-31(32)28-18-22-30(23-19-28)34-26-14-12-10-8-6-4-2/h15-24H,3-14,25-26H2,1-2H3/b24-17+. The first-order chi connectivity index (χ1) is 16.7. The summed E-state index contributed by atoms with van der Waals surface area (Å²) in [5, 5.41) is 0. The number of benzene rings is 2. The molecule has 0 atom stereocenters. The van der Waals surface area contributed by atoms with Crippen LogP contribution in [0, 0.1) is 0 Å². The molecule has 0 unspecified atom stereocenters. The Hall–Kier alpha value is -2.55. The number of ketones is 1. The summed E-state index contributed by atoms with van der Waals surface area (Å²) < 4.78 is 11.6. The van der Waals surface area contributed by atoms with Gasteiger partial charge >= 0.3 is 0 Å². The Morgan fingerprint density at radius 3 is 1.56 bits per heavy atom. The zero-order chi connectivity index (χ0) is 24.3. The van der Waals surface area contributed by atoms with Crippen molar-refractivity contribution in [3.63, 3.8) is 0 Å². The molecule has 0 amide bonds.